The zero-order chi connectivity index (χ0) is 17.2. The molecule has 0 aliphatic carbocycles. The third-order valence-corrected chi connectivity index (χ3v) is 4.36. The number of amides is 1. The number of nitrogens with zero attached hydrogens (tertiary/aromatic N) is 4. The molecule has 0 fully saturated rings. The van der Waals surface area contributed by atoms with E-state index in [-0.39, 0.29) is 16.7 Å². The SMILES string of the molecule is Cc1ccc(-n2nnnc2SC(C)C(=O)NC(C)(C)C)cc1C. The first kappa shape index (κ1) is 17.5. The van der Waals surface area contributed by atoms with Gasteiger partial charge in [-0.05, 0) is 75.2 Å². The van der Waals surface area contributed by atoms with Crippen molar-refractivity contribution < 1.29 is 4.79 Å². The van der Waals surface area contributed by atoms with E-state index < -0.39 is 0 Å². The molecular weight excluding hydrogens is 310 g/mol. The van der Waals surface area contributed by atoms with Crippen LogP contribution in [0.4, 0.5) is 0 Å². The van der Waals surface area contributed by atoms with Crippen LogP contribution in [0.3, 0.4) is 0 Å². The average molecular weight is 333 g/mol. The Balaban J connectivity index is 2.18. The summed E-state index contributed by atoms with van der Waals surface area (Å²) in [6, 6.07) is 6.05. The lowest BCUT2D eigenvalue weighted by Gasteiger charge is -2.22. The quantitative estimate of drug-likeness (QED) is 0.871. The monoisotopic (exact) mass is 333 g/mol. The van der Waals surface area contributed by atoms with E-state index in [0.29, 0.717) is 5.16 Å². The van der Waals surface area contributed by atoms with Gasteiger partial charge in [0.15, 0.2) is 0 Å². The molecule has 1 N–H and O–H groups in total. The van der Waals surface area contributed by atoms with Crippen molar-refractivity contribution in [2.24, 2.45) is 0 Å². The summed E-state index contributed by atoms with van der Waals surface area (Å²) in [6.07, 6.45) is 0. The number of hydrogen-bond donors (Lipinski definition) is 1. The lowest BCUT2D eigenvalue weighted by Crippen LogP contribution is -2.44. The fourth-order valence-electron chi connectivity index (χ4n) is 1.95. The lowest BCUT2D eigenvalue weighted by molar-refractivity contribution is -0.121. The van der Waals surface area contributed by atoms with E-state index in [1.165, 1.54) is 22.9 Å². The minimum absolute atomic E-state index is 0.0304. The molecule has 1 aromatic carbocycles. The van der Waals surface area contributed by atoms with Gasteiger partial charge in [0, 0.05) is 5.54 Å². The van der Waals surface area contributed by atoms with Crippen LogP contribution in [0.2, 0.25) is 0 Å². The van der Waals surface area contributed by atoms with Gasteiger partial charge in [-0.25, -0.2) is 0 Å². The Labute approximate surface area is 141 Å². The number of tetrazole rings is 1. The van der Waals surface area contributed by atoms with Crippen LogP contribution in [0.5, 0.6) is 0 Å². The van der Waals surface area contributed by atoms with Crippen LogP contribution in [0, 0.1) is 13.8 Å². The van der Waals surface area contributed by atoms with Gasteiger partial charge in [0.1, 0.15) is 0 Å². The summed E-state index contributed by atoms with van der Waals surface area (Å²) in [7, 11) is 0. The largest absolute Gasteiger partial charge is 0.351 e. The number of nitrogens with one attached hydrogen (secondary N) is 1. The van der Waals surface area contributed by atoms with Crippen molar-refractivity contribution in [2.45, 2.75) is 57.5 Å². The Morgan fingerprint density at radius 1 is 1.26 bits per heavy atom. The second kappa shape index (κ2) is 6.70. The maximum atomic E-state index is 12.2. The molecule has 6 nitrogen and oxygen atoms in total. The van der Waals surface area contributed by atoms with Crippen LogP contribution in [-0.2, 0) is 4.79 Å². The molecule has 2 aromatic rings. The lowest BCUT2D eigenvalue weighted by atomic mass is 10.1. The van der Waals surface area contributed by atoms with Crippen LogP contribution < -0.4 is 5.32 Å². The molecule has 1 heterocycles. The summed E-state index contributed by atoms with van der Waals surface area (Å²) in [5.74, 6) is -0.0304. The molecule has 0 aliphatic rings. The average Bonchev–Trinajstić information content (AvgIpc) is 2.88. The molecule has 0 radical (unpaired) electrons. The maximum absolute atomic E-state index is 12.2. The van der Waals surface area contributed by atoms with Gasteiger partial charge in [0.25, 0.3) is 0 Å². The van der Waals surface area contributed by atoms with Crippen molar-refractivity contribution in [2.75, 3.05) is 0 Å². The molecule has 124 valence electrons. The molecule has 1 amide bonds. The summed E-state index contributed by atoms with van der Waals surface area (Å²) in [4.78, 5) is 12.2. The summed E-state index contributed by atoms with van der Waals surface area (Å²) < 4.78 is 1.66. The standard InChI is InChI=1S/C16H23N5OS/c1-10-7-8-13(9-11(10)2)21-15(18-19-20-21)23-12(3)14(22)17-16(4,5)6/h7-9,12H,1-6H3,(H,17,22). The van der Waals surface area contributed by atoms with E-state index in [9.17, 15) is 4.79 Å². The van der Waals surface area contributed by atoms with Gasteiger partial charge in [0.2, 0.25) is 11.1 Å². The number of aryl methyl sites for hydroxylation is 2. The number of benzene rings is 1. The third kappa shape index (κ3) is 4.54. The van der Waals surface area contributed by atoms with Crippen LogP contribution in [0.15, 0.2) is 23.4 Å². The molecule has 1 atom stereocenters. The van der Waals surface area contributed by atoms with Gasteiger partial charge in [-0.15, -0.1) is 5.10 Å². The van der Waals surface area contributed by atoms with Gasteiger partial charge < -0.3 is 5.32 Å². The minimum atomic E-state index is -0.287. The molecule has 0 saturated carbocycles. The van der Waals surface area contributed by atoms with Crippen LogP contribution >= 0.6 is 11.8 Å². The van der Waals surface area contributed by atoms with E-state index in [0.717, 1.165) is 5.69 Å². The van der Waals surface area contributed by atoms with Crippen LogP contribution in [0.1, 0.15) is 38.8 Å². The summed E-state index contributed by atoms with van der Waals surface area (Å²) in [6.45, 7) is 11.8. The van der Waals surface area contributed by atoms with E-state index >= 15 is 0 Å². The molecule has 7 heteroatoms. The zero-order valence-corrected chi connectivity index (χ0v) is 15.2. The molecular formula is C16H23N5OS. The molecule has 0 aliphatic heterocycles. The Morgan fingerprint density at radius 2 is 1.96 bits per heavy atom. The first-order valence-corrected chi connectivity index (χ1v) is 8.40. The molecule has 0 spiro atoms. The highest BCUT2D eigenvalue weighted by molar-refractivity contribution is 8.00. The van der Waals surface area contributed by atoms with E-state index in [4.69, 9.17) is 0 Å². The zero-order valence-electron chi connectivity index (χ0n) is 14.4. The summed E-state index contributed by atoms with van der Waals surface area (Å²) in [5.41, 5.74) is 3.02. The number of rotatable bonds is 4. The molecule has 1 aromatic heterocycles. The Bertz CT molecular complexity index is 705. The fraction of sp³-hybridized carbons (Fsp3) is 0.500. The number of aromatic nitrogens is 4. The second-order valence-electron chi connectivity index (χ2n) is 6.64. The van der Waals surface area contributed by atoms with Crippen molar-refractivity contribution in [1.82, 2.24) is 25.5 Å². The Morgan fingerprint density at radius 3 is 2.57 bits per heavy atom. The van der Waals surface area contributed by atoms with Crippen molar-refractivity contribution in [3.63, 3.8) is 0 Å². The number of thioether (sulfide) groups is 1. The Kier molecular flexibility index (Phi) is 5.09. The highest BCUT2D eigenvalue weighted by atomic mass is 32.2. The fourth-order valence-corrected chi connectivity index (χ4v) is 2.76. The first-order chi connectivity index (χ1) is 10.7. The van der Waals surface area contributed by atoms with E-state index in [1.807, 2.05) is 45.9 Å². The Hall–Kier alpha value is -1.89. The predicted molar refractivity (Wildman–Crippen MR) is 91.8 cm³/mol. The van der Waals surface area contributed by atoms with Crippen molar-refractivity contribution in [1.29, 1.82) is 0 Å². The van der Waals surface area contributed by atoms with Gasteiger partial charge in [-0.3, -0.25) is 4.79 Å². The van der Waals surface area contributed by atoms with Gasteiger partial charge in [-0.2, -0.15) is 4.68 Å². The number of carbonyl (C=O) groups is 1. The molecule has 0 saturated heterocycles. The van der Waals surface area contributed by atoms with Crippen molar-refractivity contribution >= 4 is 17.7 Å². The van der Waals surface area contributed by atoms with Crippen molar-refractivity contribution in [3.05, 3.63) is 29.3 Å². The highest BCUT2D eigenvalue weighted by Gasteiger charge is 2.22. The van der Waals surface area contributed by atoms with E-state index in [2.05, 4.69) is 34.7 Å². The topological polar surface area (TPSA) is 72.7 Å². The molecule has 23 heavy (non-hydrogen) atoms. The van der Waals surface area contributed by atoms with Gasteiger partial charge >= 0.3 is 0 Å². The van der Waals surface area contributed by atoms with E-state index in [1.54, 1.807) is 4.68 Å². The van der Waals surface area contributed by atoms with Crippen LogP contribution in [-0.4, -0.2) is 36.9 Å². The van der Waals surface area contributed by atoms with Crippen LogP contribution in [0.25, 0.3) is 5.69 Å². The molecule has 2 rings (SSSR count). The summed E-state index contributed by atoms with van der Waals surface area (Å²) in [5, 5.41) is 15.1. The smallest absolute Gasteiger partial charge is 0.233 e. The molecule has 0 bridgehead atoms. The highest BCUT2D eigenvalue weighted by Crippen LogP contribution is 2.24. The predicted octanol–water partition coefficient (Wildman–Crippen LogP) is 2.67. The van der Waals surface area contributed by atoms with Gasteiger partial charge in [-0.1, -0.05) is 17.8 Å². The number of carbonyl (C=O) groups excluding carboxylic acids is 1. The van der Waals surface area contributed by atoms with Crippen molar-refractivity contribution in [3.8, 4) is 5.69 Å². The number of hydrogen-bond acceptors (Lipinski definition) is 5. The first-order valence-electron chi connectivity index (χ1n) is 7.52. The normalized spacial score (nSPS) is 13.0. The van der Waals surface area contributed by atoms with Gasteiger partial charge in [0.05, 0.1) is 10.9 Å². The molecule has 1 unspecified atom stereocenters. The summed E-state index contributed by atoms with van der Waals surface area (Å²) >= 11 is 1.35. The third-order valence-electron chi connectivity index (χ3n) is 3.33. The maximum Gasteiger partial charge on any atom is 0.233 e. The second-order valence-corrected chi connectivity index (χ2v) is 7.95. The minimum Gasteiger partial charge on any atom is -0.351 e.